The number of hydrogen-bond donors (Lipinski definition) is 2. The quantitative estimate of drug-likeness (QED) is 0.631. The van der Waals surface area contributed by atoms with Crippen molar-refractivity contribution in [1.82, 2.24) is 4.90 Å². The Morgan fingerprint density at radius 1 is 1.37 bits per heavy atom. The van der Waals surface area contributed by atoms with E-state index in [9.17, 15) is 4.39 Å². The molecule has 0 spiro atoms. The summed E-state index contributed by atoms with van der Waals surface area (Å²) in [4.78, 5) is 2.23. The van der Waals surface area contributed by atoms with Gasteiger partial charge in [0.15, 0.2) is 11.6 Å². The molecule has 1 aliphatic rings. The van der Waals surface area contributed by atoms with E-state index in [1.165, 1.54) is 6.07 Å². The van der Waals surface area contributed by atoms with Gasteiger partial charge in [-0.3, -0.25) is 10.7 Å². The molecule has 1 aromatic rings. The van der Waals surface area contributed by atoms with Crippen LogP contribution in [0.2, 0.25) is 0 Å². The van der Waals surface area contributed by atoms with Crippen LogP contribution in [-0.4, -0.2) is 44.4 Å². The fraction of sp³-hybridized carbons (Fsp3) is 0.500. The molecule has 1 saturated heterocycles. The van der Waals surface area contributed by atoms with Crippen LogP contribution in [-0.2, 0) is 4.74 Å². The second-order valence-electron chi connectivity index (χ2n) is 4.09. The van der Waals surface area contributed by atoms with Gasteiger partial charge in [-0.25, -0.2) is 4.39 Å². The molecule has 0 aromatic heterocycles. The van der Waals surface area contributed by atoms with E-state index < -0.39 is 5.82 Å². The molecule has 3 N–H and O–H groups in total. The highest BCUT2D eigenvalue weighted by Crippen LogP contribution is 2.20. The van der Waals surface area contributed by atoms with Gasteiger partial charge in [0.05, 0.1) is 18.9 Å². The number of morpholine rings is 1. The minimum Gasteiger partial charge on any atom is -0.489 e. The molecule has 1 aromatic carbocycles. The van der Waals surface area contributed by atoms with Crippen LogP contribution in [0.4, 0.5) is 10.1 Å². The third-order valence-corrected chi connectivity index (χ3v) is 2.87. The molecule has 2 rings (SSSR count). The van der Waals surface area contributed by atoms with Crippen LogP contribution in [0.1, 0.15) is 0 Å². The first-order valence-corrected chi connectivity index (χ1v) is 5.98. The van der Waals surface area contributed by atoms with E-state index in [1.54, 1.807) is 12.1 Å². The Hall–Kier alpha value is -1.08. The highest BCUT2D eigenvalue weighted by molar-refractivity contribution is 5.85. The monoisotopic (exact) mass is 291 g/mol. The van der Waals surface area contributed by atoms with Crippen LogP contribution in [0.5, 0.6) is 5.75 Å². The number of rotatable bonds is 5. The van der Waals surface area contributed by atoms with Crippen molar-refractivity contribution in [2.45, 2.75) is 0 Å². The van der Waals surface area contributed by atoms with Crippen molar-refractivity contribution in [1.29, 1.82) is 0 Å². The van der Waals surface area contributed by atoms with Gasteiger partial charge in [0, 0.05) is 25.7 Å². The van der Waals surface area contributed by atoms with Gasteiger partial charge >= 0.3 is 0 Å². The van der Waals surface area contributed by atoms with E-state index in [1.807, 2.05) is 0 Å². The smallest absolute Gasteiger partial charge is 0.167 e. The zero-order valence-electron chi connectivity index (χ0n) is 10.6. The molecular formula is C12H19ClFN3O2. The molecule has 0 aliphatic carbocycles. The Balaban J connectivity index is 0.00000180. The zero-order valence-corrected chi connectivity index (χ0v) is 11.4. The van der Waals surface area contributed by atoms with Crippen LogP contribution < -0.4 is 16.0 Å². The molecule has 5 nitrogen and oxygen atoms in total. The lowest BCUT2D eigenvalue weighted by molar-refractivity contribution is 0.0320. The topological polar surface area (TPSA) is 59.8 Å². The van der Waals surface area contributed by atoms with Crippen molar-refractivity contribution in [3.8, 4) is 5.75 Å². The molecule has 1 fully saturated rings. The minimum atomic E-state index is -0.410. The minimum absolute atomic E-state index is 0. The van der Waals surface area contributed by atoms with Gasteiger partial charge in [-0.05, 0) is 12.1 Å². The van der Waals surface area contributed by atoms with Crippen LogP contribution in [0, 0.1) is 5.82 Å². The largest absolute Gasteiger partial charge is 0.489 e. The highest BCUT2D eigenvalue weighted by Gasteiger charge is 2.10. The summed E-state index contributed by atoms with van der Waals surface area (Å²) in [6, 6.07) is 4.56. The molecule has 19 heavy (non-hydrogen) atoms. The molecule has 1 heterocycles. The number of anilines is 1. The molecule has 0 radical (unpaired) electrons. The molecule has 0 amide bonds. The van der Waals surface area contributed by atoms with Gasteiger partial charge in [0.25, 0.3) is 0 Å². The Bertz CT molecular complexity index is 389. The summed E-state index contributed by atoms with van der Waals surface area (Å²) in [5, 5.41) is 0. The Labute approximate surface area is 118 Å². The van der Waals surface area contributed by atoms with Gasteiger partial charge in [-0.2, -0.15) is 0 Å². The third kappa shape index (κ3) is 4.83. The van der Waals surface area contributed by atoms with E-state index >= 15 is 0 Å². The second kappa shape index (κ2) is 8.16. The van der Waals surface area contributed by atoms with Crippen molar-refractivity contribution < 1.29 is 13.9 Å². The van der Waals surface area contributed by atoms with Crippen LogP contribution in [0.15, 0.2) is 18.2 Å². The van der Waals surface area contributed by atoms with Crippen molar-refractivity contribution in [3.63, 3.8) is 0 Å². The van der Waals surface area contributed by atoms with Gasteiger partial charge in [-0.1, -0.05) is 0 Å². The van der Waals surface area contributed by atoms with Gasteiger partial charge < -0.3 is 14.9 Å². The number of nitrogens with zero attached hydrogens (tertiary/aromatic N) is 1. The summed E-state index contributed by atoms with van der Waals surface area (Å²) in [6.07, 6.45) is 0. The van der Waals surface area contributed by atoms with E-state index in [2.05, 4.69) is 10.3 Å². The van der Waals surface area contributed by atoms with Crippen molar-refractivity contribution >= 4 is 18.1 Å². The highest BCUT2D eigenvalue weighted by atomic mass is 35.5. The number of hydrazine groups is 1. The number of halogens is 2. The molecular weight excluding hydrogens is 273 g/mol. The lowest BCUT2D eigenvalue weighted by Gasteiger charge is -2.26. The predicted molar refractivity (Wildman–Crippen MR) is 74.2 cm³/mol. The number of benzene rings is 1. The predicted octanol–water partition coefficient (Wildman–Crippen LogP) is 1.24. The average molecular weight is 292 g/mol. The summed E-state index contributed by atoms with van der Waals surface area (Å²) < 4.78 is 24.2. The maximum atomic E-state index is 13.5. The molecule has 0 atom stereocenters. The number of hydrogen-bond acceptors (Lipinski definition) is 5. The second-order valence-corrected chi connectivity index (χ2v) is 4.09. The summed E-state index contributed by atoms with van der Waals surface area (Å²) >= 11 is 0. The standard InChI is InChI=1S/C12H18FN3O2.ClH/c13-11-9-10(15-14)1-2-12(11)18-8-5-16-3-6-17-7-4-16;/h1-2,9,15H,3-8,14H2;1H. The molecule has 108 valence electrons. The Kier molecular flexibility index (Phi) is 6.86. The van der Waals surface area contributed by atoms with E-state index in [-0.39, 0.29) is 18.2 Å². The summed E-state index contributed by atoms with van der Waals surface area (Å²) in [5.74, 6) is 5.03. The lowest BCUT2D eigenvalue weighted by atomic mass is 10.3. The van der Waals surface area contributed by atoms with Gasteiger partial charge in [-0.15, -0.1) is 12.4 Å². The number of nitrogens with one attached hydrogen (secondary N) is 1. The van der Waals surface area contributed by atoms with Crippen LogP contribution >= 0.6 is 12.4 Å². The van der Waals surface area contributed by atoms with Crippen LogP contribution in [0.3, 0.4) is 0 Å². The molecule has 1 aliphatic heterocycles. The van der Waals surface area contributed by atoms with Crippen molar-refractivity contribution in [3.05, 3.63) is 24.0 Å². The van der Waals surface area contributed by atoms with E-state index in [4.69, 9.17) is 15.3 Å². The van der Waals surface area contributed by atoms with Crippen molar-refractivity contribution in [2.24, 2.45) is 5.84 Å². The number of ether oxygens (including phenoxy) is 2. The maximum absolute atomic E-state index is 13.5. The first kappa shape index (κ1) is 16.0. The summed E-state index contributed by atoms with van der Waals surface area (Å²) in [6.45, 7) is 4.56. The number of nitrogen functional groups attached to an aromatic ring is 1. The average Bonchev–Trinajstić information content (AvgIpc) is 2.42. The van der Waals surface area contributed by atoms with Gasteiger partial charge in [0.1, 0.15) is 6.61 Å². The fourth-order valence-electron chi connectivity index (χ4n) is 1.82. The maximum Gasteiger partial charge on any atom is 0.167 e. The molecule has 0 unspecified atom stereocenters. The first-order valence-electron chi connectivity index (χ1n) is 5.98. The summed E-state index contributed by atoms with van der Waals surface area (Å²) in [7, 11) is 0. The van der Waals surface area contributed by atoms with Crippen LogP contribution in [0.25, 0.3) is 0 Å². The molecule has 0 saturated carbocycles. The van der Waals surface area contributed by atoms with E-state index in [0.717, 1.165) is 32.8 Å². The Morgan fingerprint density at radius 2 is 2.11 bits per heavy atom. The lowest BCUT2D eigenvalue weighted by Crippen LogP contribution is -2.38. The van der Waals surface area contributed by atoms with Crippen molar-refractivity contribution in [2.75, 3.05) is 44.9 Å². The third-order valence-electron chi connectivity index (χ3n) is 2.87. The fourth-order valence-corrected chi connectivity index (χ4v) is 1.82. The SMILES string of the molecule is Cl.NNc1ccc(OCCN2CCOCC2)c(F)c1. The molecule has 0 bridgehead atoms. The van der Waals surface area contributed by atoms with Gasteiger partial charge in [0.2, 0.25) is 0 Å². The summed E-state index contributed by atoms with van der Waals surface area (Å²) in [5.41, 5.74) is 2.91. The normalized spacial score (nSPS) is 15.7. The molecule has 7 heteroatoms. The number of nitrogens with two attached hydrogens (primary N) is 1. The zero-order chi connectivity index (χ0) is 12.8. The first-order chi connectivity index (χ1) is 8.79. The Morgan fingerprint density at radius 3 is 2.74 bits per heavy atom. The van der Waals surface area contributed by atoms with E-state index in [0.29, 0.717) is 12.3 Å².